The van der Waals surface area contributed by atoms with Crippen LogP contribution in [0, 0.1) is 0 Å². The summed E-state index contributed by atoms with van der Waals surface area (Å²) in [6, 6.07) is 10.2. The summed E-state index contributed by atoms with van der Waals surface area (Å²) in [6.07, 6.45) is 0. The van der Waals surface area contributed by atoms with Crippen LogP contribution in [0.25, 0.3) is 0 Å². The Kier molecular flexibility index (Phi) is 4.97. The predicted molar refractivity (Wildman–Crippen MR) is 84.1 cm³/mol. The van der Waals surface area contributed by atoms with E-state index in [9.17, 15) is 9.90 Å². The molecule has 0 atom stereocenters. The van der Waals surface area contributed by atoms with Gasteiger partial charge in [-0.2, -0.15) is 0 Å². The summed E-state index contributed by atoms with van der Waals surface area (Å²) in [5, 5.41) is 10.8. The number of thioether (sulfide) groups is 1. The SMILES string of the molecule is CC(=O)c1ccc(O)c(CSc2ccc(Cl)c(Cl)c2)c1. The molecule has 0 saturated heterocycles. The molecule has 2 aromatic carbocycles. The van der Waals surface area contributed by atoms with Crippen molar-refractivity contribution in [1.29, 1.82) is 0 Å². The Labute approximate surface area is 131 Å². The Morgan fingerprint density at radius 2 is 1.90 bits per heavy atom. The van der Waals surface area contributed by atoms with Crippen LogP contribution in [0.3, 0.4) is 0 Å². The number of Topliss-reactive ketones (excluding diaryl/α,β-unsaturated/α-hetero) is 1. The van der Waals surface area contributed by atoms with Crippen molar-refractivity contribution in [2.75, 3.05) is 0 Å². The first-order valence-corrected chi connectivity index (χ1v) is 7.62. The fraction of sp³-hybridized carbons (Fsp3) is 0.133. The van der Waals surface area contributed by atoms with Gasteiger partial charge in [-0.05, 0) is 43.3 Å². The van der Waals surface area contributed by atoms with E-state index in [1.165, 1.54) is 18.7 Å². The van der Waals surface area contributed by atoms with E-state index in [1.807, 2.05) is 6.07 Å². The molecule has 0 aliphatic rings. The van der Waals surface area contributed by atoms with Crippen LogP contribution in [0.4, 0.5) is 0 Å². The fourth-order valence-corrected chi connectivity index (χ4v) is 2.93. The van der Waals surface area contributed by atoms with Crippen molar-refractivity contribution in [3.63, 3.8) is 0 Å². The van der Waals surface area contributed by atoms with Crippen LogP contribution in [-0.4, -0.2) is 10.9 Å². The van der Waals surface area contributed by atoms with Gasteiger partial charge in [0, 0.05) is 21.8 Å². The minimum absolute atomic E-state index is 0.0224. The number of rotatable bonds is 4. The molecule has 2 nitrogen and oxygen atoms in total. The normalized spacial score (nSPS) is 10.6. The molecule has 0 bridgehead atoms. The molecule has 5 heteroatoms. The molecule has 0 radical (unpaired) electrons. The zero-order chi connectivity index (χ0) is 14.7. The molecule has 0 fully saturated rings. The van der Waals surface area contributed by atoms with Crippen LogP contribution < -0.4 is 0 Å². The van der Waals surface area contributed by atoms with Gasteiger partial charge in [0.15, 0.2) is 5.78 Å². The average molecular weight is 327 g/mol. The summed E-state index contributed by atoms with van der Waals surface area (Å²) in [4.78, 5) is 12.3. The number of carbonyl (C=O) groups is 1. The van der Waals surface area contributed by atoms with Crippen LogP contribution in [0.15, 0.2) is 41.3 Å². The Balaban J connectivity index is 2.15. The third-order valence-electron chi connectivity index (χ3n) is 2.77. The van der Waals surface area contributed by atoms with E-state index in [1.54, 1.807) is 30.3 Å². The second-order valence-corrected chi connectivity index (χ2v) is 6.13. The molecule has 0 amide bonds. The maximum atomic E-state index is 11.3. The number of phenolic OH excluding ortho intramolecular Hbond substituents is 1. The van der Waals surface area contributed by atoms with Crippen molar-refractivity contribution in [2.45, 2.75) is 17.6 Å². The summed E-state index contributed by atoms with van der Waals surface area (Å²) in [5.41, 5.74) is 1.31. The summed E-state index contributed by atoms with van der Waals surface area (Å²) < 4.78 is 0. The van der Waals surface area contributed by atoms with Gasteiger partial charge in [-0.3, -0.25) is 4.79 Å². The van der Waals surface area contributed by atoms with Crippen molar-refractivity contribution in [2.24, 2.45) is 0 Å². The van der Waals surface area contributed by atoms with E-state index in [0.717, 1.165) is 4.90 Å². The van der Waals surface area contributed by atoms with E-state index in [-0.39, 0.29) is 11.5 Å². The van der Waals surface area contributed by atoms with Crippen LogP contribution >= 0.6 is 35.0 Å². The highest BCUT2D eigenvalue weighted by Crippen LogP contribution is 2.32. The molecule has 0 unspecified atom stereocenters. The number of ketones is 1. The minimum Gasteiger partial charge on any atom is -0.508 e. The van der Waals surface area contributed by atoms with Gasteiger partial charge in [0.2, 0.25) is 0 Å². The number of hydrogen-bond donors (Lipinski definition) is 1. The van der Waals surface area contributed by atoms with Crippen molar-refractivity contribution >= 4 is 40.7 Å². The first kappa shape index (κ1) is 15.2. The zero-order valence-corrected chi connectivity index (χ0v) is 13.0. The van der Waals surface area contributed by atoms with Crippen LogP contribution in [-0.2, 0) is 5.75 Å². The molecule has 0 heterocycles. The molecular formula is C15H12Cl2O2S. The molecule has 0 aliphatic heterocycles. The van der Waals surface area contributed by atoms with Gasteiger partial charge < -0.3 is 5.11 Å². The summed E-state index contributed by atoms with van der Waals surface area (Å²) in [5.74, 6) is 0.707. The van der Waals surface area contributed by atoms with Gasteiger partial charge in [-0.15, -0.1) is 11.8 Å². The molecule has 0 aromatic heterocycles. The van der Waals surface area contributed by atoms with E-state index in [2.05, 4.69) is 0 Å². The quantitative estimate of drug-likeness (QED) is 0.620. The number of aromatic hydroxyl groups is 1. The predicted octanol–water partition coefficient (Wildman–Crippen LogP) is 5.19. The van der Waals surface area contributed by atoms with Crippen molar-refractivity contribution < 1.29 is 9.90 Å². The van der Waals surface area contributed by atoms with Gasteiger partial charge in [0.25, 0.3) is 0 Å². The van der Waals surface area contributed by atoms with Crippen LogP contribution in [0.2, 0.25) is 10.0 Å². The highest BCUT2D eigenvalue weighted by molar-refractivity contribution is 7.98. The highest BCUT2D eigenvalue weighted by atomic mass is 35.5. The molecule has 104 valence electrons. The maximum absolute atomic E-state index is 11.3. The lowest BCUT2D eigenvalue weighted by Gasteiger charge is -2.07. The first-order chi connectivity index (χ1) is 9.47. The smallest absolute Gasteiger partial charge is 0.159 e. The minimum atomic E-state index is -0.0224. The van der Waals surface area contributed by atoms with Gasteiger partial charge in [0.1, 0.15) is 5.75 Å². The van der Waals surface area contributed by atoms with Gasteiger partial charge >= 0.3 is 0 Å². The van der Waals surface area contributed by atoms with Crippen molar-refractivity contribution in [3.05, 3.63) is 57.6 Å². The third kappa shape index (κ3) is 3.69. The van der Waals surface area contributed by atoms with E-state index < -0.39 is 0 Å². The van der Waals surface area contributed by atoms with E-state index in [4.69, 9.17) is 23.2 Å². The lowest BCUT2D eigenvalue weighted by Crippen LogP contribution is -1.93. The number of phenols is 1. The summed E-state index contributed by atoms with van der Waals surface area (Å²) in [6.45, 7) is 1.50. The Bertz CT molecular complexity index is 656. The Morgan fingerprint density at radius 1 is 1.15 bits per heavy atom. The average Bonchev–Trinajstić information content (AvgIpc) is 2.41. The second kappa shape index (κ2) is 6.53. The maximum Gasteiger partial charge on any atom is 0.159 e. The molecule has 2 rings (SSSR count). The van der Waals surface area contributed by atoms with Crippen LogP contribution in [0.1, 0.15) is 22.8 Å². The third-order valence-corrected chi connectivity index (χ3v) is 4.55. The molecular weight excluding hydrogens is 315 g/mol. The lowest BCUT2D eigenvalue weighted by atomic mass is 10.1. The summed E-state index contributed by atoms with van der Waals surface area (Å²) >= 11 is 13.3. The zero-order valence-electron chi connectivity index (χ0n) is 10.7. The fourth-order valence-electron chi connectivity index (χ4n) is 1.65. The number of benzene rings is 2. The number of carbonyl (C=O) groups excluding carboxylic acids is 1. The number of hydrogen-bond acceptors (Lipinski definition) is 3. The van der Waals surface area contributed by atoms with Gasteiger partial charge in [-0.1, -0.05) is 23.2 Å². The van der Waals surface area contributed by atoms with Gasteiger partial charge in [0.05, 0.1) is 10.0 Å². The first-order valence-electron chi connectivity index (χ1n) is 5.88. The topological polar surface area (TPSA) is 37.3 Å². The molecule has 0 spiro atoms. The highest BCUT2D eigenvalue weighted by Gasteiger charge is 2.07. The van der Waals surface area contributed by atoms with E-state index in [0.29, 0.717) is 26.9 Å². The Morgan fingerprint density at radius 3 is 2.55 bits per heavy atom. The lowest BCUT2D eigenvalue weighted by molar-refractivity contribution is 0.101. The largest absolute Gasteiger partial charge is 0.508 e. The van der Waals surface area contributed by atoms with Crippen molar-refractivity contribution in [1.82, 2.24) is 0 Å². The molecule has 0 saturated carbocycles. The summed E-state index contributed by atoms with van der Waals surface area (Å²) in [7, 11) is 0. The standard InChI is InChI=1S/C15H12Cl2O2S/c1-9(18)10-2-5-15(19)11(6-10)8-20-12-3-4-13(16)14(17)7-12/h2-7,19H,8H2,1H3. The van der Waals surface area contributed by atoms with Crippen LogP contribution in [0.5, 0.6) is 5.75 Å². The van der Waals surface area contributed by atoms with E-state index >= 15 is 0 Å². The monoisotopic (exact) mass is 326 g/mol. The Hall–Kier alpha value is -1.16. The number of halogens is 2. The molecule has 0 aliphatic carbocycles. The van der Waals surface area contributed by atoms with Crippen molar-refractivity contribution in [3.8, 4) is 5.75 Å². The van der Waals surface area contributed by atoms with Gasteiger partial charge in [-0.25, -0.2) is 0 Å². The second-order valence-electron chi connectivity index (χ2n) is 4.26. The molecule has 1 N–H and O–H groups in total. The molecule has 20 heavy (non-hydrogen) atoms. The molecule has 2 aromatic rings.